The molecule has 0 radical (unpaired) electrons. The topological polar surface area (TPSA) is 64.6 Å². The van der Waals surface area contributed by atoms with Crippen LogP contribution in [0.25, 0.3) is 28.1 Å². The zero-order chi connectivity index (χ0) is 22.9. The molecule has 1 amide bonds. The van der Waals surface area contributed by atoms with Crippen molar-refractivity contribution in [3.05, 3.63) is 89.5 Å². The molecule has 6 nitrogen and oxygen atoms in total. The Labute approximate surface area is 202 Å². The minimum Gasteiger partial charge on any atom is -0.367 e. The standard InChI is InChI=1S/C27H23N5OS/c33-26-24(17-21-18-28-30-25(21)20-8-2-1-3-9-20)34-27(29-26)32-15-13-31(14-16-32)23-12-6-10-19-7-4-5-11-22(19)23/h1-12,17-18H,13-16H2,(H,28,30). The van der Waals surface area contributed by atoms with E-state index in [4.69, 9.17) is 0 Å². The molecule has 0 spiro atoms. The molecule has 0 aliphatic carbocycles. The minimum absolute atomic E-state index is 0.184. The van der Waals surface area contributed by atoms with Gasteiger partial charge in [-0.05, 0) is 29.3 Å². The smallest absolute Gasteiger partial charge is 0.286 e. The van der Waals surface area contributed by atoms with E-state index in [0.29, 0.717) is 4.91 Å². The van der Waals surface area contributed by atoms with Gasteiger partial charge in [-0.3, -0.25) is 9.89 Å². The molecule has 0 unspecified atom stereocenters. The second-order valence-electron chi connectivity index (χ2n) is 8.35. The first kappa shape index (κ1) is 20.7. The number of hydrogen-bond acceptors (Lipinski definition) is 5. The number of anilines is 1. The highest BCUT2D eigenvalue weighted by Crippen LogP contribution is 2.33. The van der Waals surface area contributed by atoms with Crippen LogP contribution in [0.4, 0.5) is 5.69 Å². The van der Waals surface area contributed by atoms with Crippen LogP contribution in [0.15, 0.2) is 88.9 Å². The second-order valence-corrected chi connectivity index (χ2v) is 9.36. The Morgan fingerprint density at radius 1 is 0.853 bits per heavy atom. The van der Waals surface area contributed by atoms with E-state index in [1.807, 2.05) is 36.4 Å². The highest BCUT2D eigenvalue weighted by molar-refractivity contribution is 8.18. The van der Waals surface area contributed by atoms with Crippen molar-refractivity contribution in [3.63, 3.8) is 0 Å². The summed E-state index contributed by atoms with van der Waals surface area (Å²) in [5.74, 6) is -0.184. The molecule has 0 saturated carbocycles. The molecule has 1 N–H and O–H groups in total. The molecule has 7 heteroatoms. The molecule has 2 aliphatic rings. The molecular weight excluding hydrogens is 442 g/mol. The monoisotopic (exact) mass is 465 g/mol. The Morgan fingerprint density at radius 2 is 1.59 bits per heavy atom. The van der Waals surface area contributed by atoms with E-state index in [2.05, 4.69) is 67.5 Å². The summed E-state index contributed by atoms with van der Waals surface area (Å²) in [6.07, 6.45) is 3.64. The first-order valence-corrected chi connectivity index (χ1v) is 12.2. The fraction of sp³-hybridized carbons (Fsp3) is 0.148. The average Bonchev–Trinajstić information content (AvgIpc) is 3.51. The molecule has 3 aromatic carbocycles. The van der Waals surface area contributed by atoms with Crippen molar-refractivity contribution in [2.45, 2.75) is 0 Å². The Hall–Kier alpha value is -3.84. The summed E-state index contributed by atoms with van der Waals surface area (Å²) in [5.41, 5.74) is 4.09. The van der Waals surface area contributed by atoms with Gasteiger partial charge in [0.2, 0.25) is 0 Å². The van der Waals surface area contributed by atoms with Crippen LogP contribution in [0.1, 0.15) is 5.56 Å². The first-order valence-electron chi connectivity index (χ1n) is 11.4. The Balaban J connectivity index is 1.16. The van der Waals surface area contributed by atoms with Gasteiger partial charge in [0.25, 0.3) is 5.91 Å². The van der Waals surface area contributed by atoms with Crippen molar-refractivity contribution in [3.8, 4) is 11.3 Å². The van der Waals surface area contributed by atoms with Crippen LogP contribution in [0.5, 0.6) is 0 Å². The third-order valence-corrected chi connectivity index (χ3v) is 7.33. The number of rotatable bonds is 3. The van der Waals surface area contributed by atoms with Crippen LogP contribution in [0.2, 0.25) is 0 Å². The van der Waals surface area contributed by atoms with Crippen LogP contribution < -0.4 is 4.90 Å². The quantitative estimate of drug-likeness (QED) is 0.430. The van der Waals surface area contributed by atoms with E-state index in [1.54, 1.807) is 6.20 Å². The molecular formula is C27H23N5OS. The summed E-state index contributed by atoms with van der Waals surface area (Å²) < 4.78 is 0. The van der Waals surface area contributed by atoms with Crippen molar-refractivity contribution < 1.29 is 4.79 Å². The molecule has 0 atom stereocenters. The summed E-state index contributed by atoms with van der Waals surface area (Å²) >= 11 is 1.45. The largest absolute Gasteiger partial charge is 0.367 e. The number of carbonyl (C=O) groups excluding carboxylic acids is 1. The molecule has 1 aromatic heterocycles. The van der Waals surface area contributed by atoms with Gasteiger partial charge in [-0.1, -0.05) is 66.7 Å². The molecule has 34 heavy (non-hydrogen) atoms. The van der Waals surface area contributed by atoms with Gasteiger partial charge in [0.05, 0.1) is 16.8 Å². The third-order valence-electron chi connectivity index (χ3n) is 6.28. The van der Waals surface area contributed by atoms with Crippen LogP contribution in [-0.2, 0) is 4.79 Å². The maximum Gasteiger partial charge on any atom is 0.286 e. The summed E-state index contributed by atoms with van der Waals surface area (Å²) in [6.45, 7) is 3.44. The Bertz CT molecular complexity index is 1410. The average molecular weight is 466 g/mol. The highest BCUT2D eigenvalue weighted by Gasteiger charge is 2.29. The van der Waals surface area contributed by atoms with E-state index in [9.17, 15) is 4.79 Å². The lowest BCUT2D eigenvalue weighted by Gasteiger charge is -2.37. The number of carbonyl (C=O) groups is 1. The predicted octanol–water partition coefficient (Wildman–Crippen LogP) is 5.02. The number of nitrogens with one attached hydrogen (secondary N) is 1. The molecule has 0 bridgehead atoms. The molecule has 2 aliphatic heterocycles. The maximum atomic E-state index is 12.7. The second kappa shape index (κ2) is 8.83. The number of benzene rings is 3. The van der Waals surface area contributed by atoms with Crippen molar-refractivity contribution >= 4 is 45.4 Å². The van der Waals surface area contributed by atoms with Gasteiger partial charge in [-0.2, -0.15) is 10.1 Å². The number of hydrogen-bond donors (Lipinski definition) is 1. The molecule has 4 aromatic rings. The Kier molecular flexibility index (Phi) is 5.39. The SMILES string of the molecule is O=C1N=C(N2CCN(c3cccc4ccccc34)CC2)SC1=Cc1cn[nH]c1-c1ccccc1. The van der Waals surface area contributed by atoms with E-state index < -0.39 is 0 Å². The van der Waals surface area contributed by atoms with E-state index >= 15 is 0 Å². The lowest BCUT2D eigenvalue weighted by molar-refractivity contribution is -0.113. The fourth-order valence-corrected chi connectivity index (χ4v) is 5.49. The molecule has 1 fully saturated rings. The molecule has 3 heterocycles. The van der Waals surface area contributed by atoms with Crippen LogP contribution in [0, 0.1) is 0 Å². The number of aromatic amines is 1. The molecule has 168 valence electrons. The van der Waals surface area contributed by atoms with Crippen molar-refractivity contribution in [2.75, 3.05) is 31.1 Å². The minimum atomic E-state index is -0.184. The number of amidine groups is 1. The van der Waals surface area contributed by atoms with E-state index in [-0.39, 0.29) is 5.91 Å². The van der Waals surface area contributed by atoms with Gasteiger partial charge < -0.3 is 9.80 Å². The predicted molar refractivity (Wildman–Crippen MR) is 140 cm³/mol. The zero-order valence-corrected chi connectivity index (χ0v) is 19.3. The van der Waals surface area contributed by atoms with E-state index in [0.717, 1.165) is 48.2 Å². The highest BCUT2D eigenvalue weighted by atomic mass is 32.2. The number of piperazine rings is 1. The van der Waals surface area contributed by atoms with Gasteiger partial charge >= 0.3 is 0 Å². The van der Waals surface area contributed by atoms with Crippen molar-refractivity contribution in [1.82, 2.24) is 15.1 Å². The molecule has 6 rings (SSSR count). The number of aromatic nitrogens is 2. The number of H-pyrrole nitrogens is 1. The van der Waals surface area contributed by atoms with Gasteiger partial charge in [0.15, 0.2) is 5.17 Å². The summed E-state index contributed by atoms with van der Waals surface area (Å²) in [5, 5.41) is 10.6. The van der Waals surface area contributed by atoms with Gasteiger partial charge in [-0.15, -0.1) is 0 Å². The maximum absolute atomic E-state index is 12.7. The summed E-state index contributed by atoms with van der Waals surface area (Å²) in [6, 6.07) is 25.0. The van der Waals surface area contributed by atoms with Gasteiger partial charge in [0, 0.05) is 48.4 Å². The normalized spacial score (nSPS) is 17.6. The lowest BCUT2D eigenvalue weighted by Crippen LogP contribution is -2.47. The fourth-order valence-electron chi connectivity index (χ4n) is 4.54. The van der Waals surface area contributed by atoms with Crippen molar-refractivity contribution in [2.24, 2.45) is 4.99 Å². The van der Waals surface area contributed by atoms with Crippen LogP contribution in [0.3, 0.4) is 0 Å². The van der Waals surface area contributed by atoms with Crippen molar-refractivity contribution in [1.29, 1.82) is 0 Å². The number of fused-ring (bicyclic) bond motifs is 1. The van der Waals surface area contributed by atoms with Gasteiger partial charge in [-0.25, -0.2) is 0 Å². The van der Waals surface area contributed by atoms with Crippen LogP contribution >= 0.6 is 11.8 Å². The molecule has 1 saturated heterocycles. The summed E-state index contributed by atoms with van der Waals surface area (Å²) in [7, 11) is 0. The third kappa shape index (κ3) is 3.88. The number of amides is 1. The first-order chi connectivity index (χ1) is 16.8. The summed E-state index contributed by atoms with van der Waals surface area (Å²) in [4.78, 5) is 22.3. The van der Waals surface area contributed by atoms with E-state index in [1.165, 1.54) is 28.2 Å². The number of nitrogens with zero attached hydrogens (tertiary/aromatic N) is 4. The number of aliphatic imine (C=N–C) groups is 1. The van der Waals surface area contributed by atoms with Crippen LogP contribution in [-0.4, -0.2) is 52.4 Å². The lowest BCUT2D eigenvalue weighted by atomic mass is 10.1. The number of thioether (sulfide) groups is 1. The Morgan fingerprint density at radius 3 is 2.44 bits per heavy atom. The zero-order valence-electron chi connectivity index (χ0n) is 18.5. The van der Waals surface area contributed by atoms with Gasteiger partial charge in [0.1, 0.15) is 0 Å².